The summed E-state index contributed by atoms with van der Waals surface area (Å²) in [7, 11) is 5.21. The Bertz CT molecular complexity index is 546. The van der Waals surface area contributed by atoms with Crippen LogP contribution in [0.4, 0.5) is 0 Å². The Hall–Kier alpha value is -1.73. The highest BCUT2D eigenvalue weighted by Gasteiger charge is 2.67. The Kier molecular flexibility index (Phi) is 4.14. The second-order valence-electron chi connectivity index (χ2n) is 5.70. The molecule has 3 rings (SSSR count). The van der Waals surface area contributed by atoms with Gasteiger partial charge in [0.05, 0.1) is 31.5 Å². The second kappa shape index (κ2) is 5.48. The predicted octanol–water partition coefficient (Wildman–Crippen LogP) is 0.473. The fraction of sp³-hybridized carbons (Fsp3) is 0.667. The van der Waals surface area contributed by atoms with Gasteiger partial charge in [-0.1, -0.05) is 6.08 Å². The van der Waals surface area contributed by atoms with Gasteiger partial charge in [0.25, 0.3) is 0 Å². The lowest BCUT2D eigenvalue weighted by Crippen LogP contribution is -2.65. The van der Waals surface area contributed by atoms with Crippen molar-refractivity contribution in [1.29, 1.82) is 0 Å². The lowest BCUT2D eigenvalue weighted by Gasteiger charge is -2.52. The number of hydrogen-bond acceptors (Lipinski definition) is 7. The molecule has 0 heterocycles. The zero-order chi connectivity index (χ0) is 16.7. The van der Waals surface area contributed by atoms with Crippen molar-refractivity contribution < 1.29 is 33.3 Å². The van der Waals surface area contributed by atoms with Crippen molar-refractivity contribution in [3.63, 3.8) is 0 Å². The van der Waals surface area contributed by atoms with Gasteiger partial charge in [0, 0.05) is 19.8 Å². The molecule has 7 heteroatoms. The SMILES string of the molecule is COC(=O)C1=C[C@@H]2C(=O)C(OC)(OC)[C@H]1C[C@]2(C)C(=O)OC. The van der Waals surface area contributed by atoms with Gasteiger partial charge in [0.2, 0.25) is 11.6 Å². The van der Waals surface area contributed by atoms with Crippen molar-refractivity contribution in [3.8, 4) is 0 Å². The molecule has 0 aromatic carbocycles. The summed E-state index contributed by atoms with van der Waals surface area (Å²) < 4.78 is 20.3. The monoisotopic (exact) mass is 312 g/mol. The van der Waals surface area contributed by atoms with Gasteiger partial charge in [-0.2, -0.15) is 0 Å². The Morgan fingerprint density at radius 1 is 1.14 bits per heavy atom. The number of methoxy groups -OCH3 is 4. The molecule has 3 aliphatic carbocycles. The Labute approximate surface area is 128 Å². The highest BCUT2D eigenvalue weighted by molar-refractivity contribution is 6.03. The first kappa shape index (κ1) is 16.6. The van der Waals surface area contributed by atoms with E-state index >= 15 is 0 Å². The molecule has 0 N–H and O–H groups in total. The Morgan fingerprint density at radius 2 is 1.73 bits per heavy atom. The van der Waals surface area contributed by atoms with E-state index in [0.717, 1.165) is 0 Å². The van der Waals surface area contributed by atoms with Crippen LogP contribution in [0, 0.1) is 17.3 Å². The van der Waals surface area contributed by atoms with Crippen molar-refractivity contribution in [2.24, 2.45) is 17.3 Å². The standard InChI is InChI=1S/C15H20O7/c1-14(13(18)20-3)7-10-8(12(17)19-2)6-9(14)11(16)15(10,21-4)22-5/h6,9-10H,7H2,1-5H3/t9-,10+,14+/m1/s1. The number of esters is 2. The summed E-state index contributed by atoms with van der Waals surface area (Å²) in [6, 6.07) is 0. The average Bonchev–Trinajstić information content (AvgIpc) is 2.54. The van der Waals surface area contributed by atoms with Gasteiger partial charge in [0.15, 0.2) is 0 Å². The van der Waals surface area contributed by atoms with Gasteiger partial charge in [0.1, 0.15) is 0 Å². The van der Waals surface area contributed by atoms with Crippen LogP contribution in [0.15, 0.2) is 11.6 Å². The largest absolute Gasteiger partial charge is 0.469 e. The molecular weight excluding hydrogens is 292 g/mol. The summed E-state index contributed by atoms with van der Waals surface area (Å²) in [5, 5.41) is 0. The highest BCUT2D eigenvalue weighted by atomic mass is 16.7. The summed E-state index contributed by atoms with van der Waals surface area (Å²) in [4.78, 5) is 37.0. The van der Waals surface area contributed by atoms with Crippen LogP contribution in [0.1, 0.15) is 13.3 Å². The minimum atomic E-state index is -1.59. The van der Waals surface area contributed by atoms with E-state index in [4.69, 9.17) is 18.9 Å². The smallest absolute Gasteiger partial charge is 0.333 e. The molecule has 122 valence electrons. The van der Waals surface area contributed by atoms with Crippen molar-refractivity contribution in [2.75, 3.05) is 28.4 Å². The summed E-state index contributed by atoms with van der Waals surface area (Å²) in [6.45, 7) is 1.65. The van der Waals surface area contributed by atoms with Crippen LogP contribution in [0.2, 0.25) is 0 Å². The third kappa shape index (κ3) is 1.92. The molecule has 0 aromatic rings. The van der Waals surface area contributed by atoms with Gasteiger partial charge in [-0.05, 0) is 13.3 Å². The molecule has 0 aliphatic heterocycles. The third-order valence-electron chi connectivity index (χ3n) is 4.80. The molecule has 7 nitrogen and oxygen atoms in total. The number of carbonyl (C=O) groups excluding carboxylic acids is 3. The van der Waals surface area contributed by atoms with Gasteiger partial charge in [-0.3, -0.25) is 9.59 Å². The molecule has 0 spiro atoms. The number of rotatable bonds is 4. The number of Topliss-reactive ketones (excluding diaryl/α,β-unsaturated/α-hetero) is 1. The van der Waals surface area contributed by atoms with E-state index in [1.165, 1.54) is 34.5 Å². The average molecular weight is 312 g/mol. The fourth-order valence-corrected chi connectivity index (χ4v) is 3.57. The second-order valence-corrected chi connectivity index (χ2v) is 5.70. The van der Waals surface area contributed by atoms with Gasteiger partial charge in [-0.25, -0.2) is 4.79 Å². The first-order valence-corrected chi connectivity index (χ1v) is 6.85. The predicted molar refractivity (Wildman–Crippen MR) is 73.6 cm³/mol. The third-order valence-corrected chi connectivity index (χ3v) is 4.80. The number of ether oxygens (including phenoxy) is 4. The molecule has 1 fully saturated rings. The van der Waals surface area contributed by atoms with Crippen LogP contribution in [0.5, 0.6) is 0 Å². The minimum Gasteiger partial charge on any atom is -0.469 e. The lowest BCUT2D eigenvalue weighted by atomic mass is 9.54. The number of fused-ring (bicyclic) bond motifs is 2. The molecule has 0 unspecified atom stereocenters. The van der Waals surface area contributed by atoms with Gasteiger partial charge < -0.3 is 18.9 Å². The minimum absolute atomic E-state index is 0.193. The maximum Gasteiger partial charge on any atom is 0.333 e. The summed E-state index contributed by atoms with van der Waals surface area (Å²) >= 11 is 0. The maximum absolute atomic E-state index is 12.8. The molecular formula is C15H20O7. The van der Waals surface area contributed by atoms with Crippen LogP contribution in [0.25, 0.3) is 0 Å². The molecule has 3 aliphatic rings. The van der Waals surface area contributed by atoms with Crippen molar-refractivity contribution in [3.05, 3.63) is 11.6 Å². The van der Waals surface area contributed by atoms with E-state index in [-0.39, 0.29) is 12.0 Å². The molecule has 1 saturated carbocycles. The van der Waals surface area contributed by atoms with Crippen molar-refractivity contribution in [1.82, 2.24) is 0 Å². The van der Waals surface area contributed by atoms with Gasteiger partial charge >= 0.3 is 11.9 Å². The number of hydrogen-bond donors (Lipinski definition) is 0. The zero-order valence-electron chi connectivity index (χ0n) is 13.3. The summed E-state index contributed by atoms with van der Waals surface area (Å²) in [6.07, 6.45) is 1.67. The van der Waals surface area contributed by atoms with Gasteiger partial charge in [-0.15, -0.1) is 0 Å². The quantitative estimate of drug-likeness (QED) is 0.551. The summed E-state index contributed by atoms with van der Waals surface area (Å²) in [5.74, 6) is -4.66. The molecule has 3 atom stereocenters. The van der Waals surface area contributed by atoms with Crippen LogP contribution < -0.4 is 0 Å². The Balaban J connectivity index is 2.61. The molecule has 0 amide bonds. The topological polar surface area (TPSA) is 88.1 Å². The van der Waals surface area contributed by atoms with Crippen LogP contribution >= 0.6 is 0 Å². The number of allylic oxidation sites excluding steroid dienone is 1. The van der Waals surface area contributed by atoms with E-state index in [9.17, 15) is 14.4 Å². The van der Waals surface area contributed by atoms with E-state index in [1.807, 2.05) is 0 Å². The van der Waals surface area contributed by atoms with Crippen LogP contribution in [-0.4, -0.2) is 51.9 Å². The Morgan fingerprint density at radius 3 is 2.18 bits per heavy atom. The normalized spacial score (nSPS) is 32.4. The fourth-order valence-electron chi connectivity index (χ4n) is 3.57. The number of ketones is 1. The lowest BCUT2D eigenvalue weighted by molar-refractivity contribution is -0.249. The van der Waals surface area contributed by atoms with Crippen LogP contribution in [0.3, 0.4) is 0 Å². The molecule has 0 saturated heterocycles. The molecule has 22 heavy (non-hydrogen) atoms. The molecule has 0 radical (unpaired) electrons. The first-order valence-electron chi connectivity index (χ1n) is 6.85. The van der Waals surface area contributed by atoms with Crippen molar-refractivity contribution in [2.45, 2.75) is 19.1 Å². The first-order chi connectivity index (χ1) is 10.3. The van der Waals surface area contributed by atoms with E-state index in [2.05, 4.69) is 0 Å². The summed E-state index contributed by atoms with van der Waals surface area (Å²) in [5.41, 5.74) is -0.772. The molecule has 0 aromatic heterocycles. The highest BCUT2D eigenvalue weighted by Crippen LogP contribution is 2.55. The maximum atomic E-state index is 12.8. The van der Waals surface area contributed by atoms with E-state index < -0.39 is 40.8 Å². The van der Waals surface area contributed by atoms with Crippen LogP contribution in [-0.2, 0) is 33.3 Å². The molecule has 2 bridgehead atoms. The van der Waals surface area contributed by atoms with E-state index in [1.54, 1.807) is 6.92 Å². The van der Waals surface area contributed by atoms with E-state index in [0.29, 0.717) is 0 Å². The van der Waals surface area contributed by atoms with Crippen molar-refractivity contribution >= 4 is 17.7 Å². The zero-order valence-corrected chi connectivity index (χ0v) is 13.3. The number of carbonyl (C=O) groups is 3.